The van der Waals surface area contributed by atoms with Crippen molar-refractivity contribution in [2.24, 2.45) is 5.73 Å². The van der Waals surface area contributed by atoms with Crippen molar-refractivity contribution in [3.05, 3.63) is 33.8 Å². The molecule has 2 rings (SSSR count). The van der Waals surface area contributed by atoms with E-state index in [9.17, 15) is 9.59 Å². The van der Waals surface area contributed by atoms with Gasteiger partial charge >= 0.3 is 0 Å². The first-order valence-electron chi connectivity index (χ1n) is 7.25. The lowest BCUT2D eigenvalue weighted by atomic mass is 10.1. The highest BCUT2D eigenvalue weighted by Crippen LogP contribution is 2.22. The molecule has 1 fully saturated rings. The van der Waals surface area contributed by atoms with Crippen molar-refractivity contribution in [3.8, 4) is 0 Å². The van der Waals surface area contributed by atoms with E-state index in [1.165, 1.54) is 0 Å². The number of nitrogens with two attached hydrogens (primary N) is 1. The van der Waals surface area contributed by atoms with E-state index in [2.05, 4.69) is 0 Å². The molecular formula is C15H20Cl3N3O2. The van der Waals surface area contributed by atoms with Gasteiger partial charge in [0.05, 0.1) is 10.6 Å². The van der Waals surface area contributed by atoms with Crippen LogP contribution in [-0.2, 0) is 4.79 Å². The summed E-state index contributed by atoms with van der Waals surface area (Å²) in [6.07, 6.45) is 1.16. The zero-order valence-electron chi connectivity index (χ0n) is 12.6. The number of piperazine rings is 1. The second kappa shape index (κ2) is 9.33. The van der Waals surface area contributed by atoms with E-state index in [-0.39, 0.29) is 24.2 Å². The molecule has 23 heavy (non-hydrogen) atoms. The lowest BCUT2D eigenvalue weighted by Gasteiger charge is -2.35. The lowest BCUT2D eigenvalue weighted by molar-refractivity contribution is -0.132. The third-order valence-corrected chi connectivity index (χ3v) is 4.22. The summed E-state index contributed by atoms with van der Waals surface area (Å²) < 4.78 is 0. The lowest BCUT2D eigenvalue weighted by Crippen LogP contribution is -2.50. The first kappa shape index (κ1) is 20.0. The number of rotatable bonds is 4. The fourth-order valence-corrected chi connectivity index (χ4v) is 2.89. The number of carbonyl (C=O) groups is 2. The summed E-state index contributed by atoms with van der Waals surface area (Å²) >= 11 is 11.9. The topological polar surface area (TPSA) is 66.6 Å². The number of amides is 2. The van der Waals surface area contributed by atoms with E-state index in [4.69, 9.17) is 28.9 Å². The van der Waals surface area contributed by atoms with Crippen LogP contribution in [0.15, 0.2) is 18.2 Å². The van der Waals surface area contributed by atoms with E-state index in [0.717, 1.165) is 0 Å². The van der Waals surface area contributed by atoms with Crippen molar-refractivity contribution in [2.45, 2.75) is 12.8 Å². The molecule has 0 unspecified atom stereocenters. The molecule has 2 amide bonds. The molecule has 0 saturated carbocycles. The van der Waals surface area contributed by atoms with Gasteiger partial charge in [-0.05, 0) is 31.2 Å². The Kier molecular flexibility index (Phi) is 8.12. The fourth-order valence-electron chi connectivity index (χ4n) is 2.40. The van der Waals surface area contributed by atoms with Gasteiger partial charge in [-0.1, -0.05) is 23.2 Å². The van der Waals surface area contributed by atoms with Gasteiger partial charge in [0.1, 0.15) is 0 Å². The third-order valence-electron chi connectivity index (χ3n) is 3.68. The summed E-state index contributed by atoms with van der Waals surface area (Å²) in [6.45, 7) is 2.61. The first-order chi connectivity index (χ1) is 10.5. The summed E-state index contributed by atoms with van der Waals surface area (Å²) in [5, 5.41) is 0.843. The predicted octanol–water partition coefficient (Wildman–Crippen LogP) is 2.44. The minimum atomic E-state index is -0.129. The number of hydrogen-bond acceptors (Lipinski definition) is 3. The van der Waals surface area contributed by atoms with Gasteiger partial charge in [0.2, 0.25) is 5.91 Å². The minimum Gasteiger partial charge on any atom is -0.339 e. The van der Waals surface area contributed by atoms with Crippen molar-refractivity contribution in [3.63, 3.8) is 0 Å². The molecule has 2 N–H and O–H groups in total. The molecular weight excluding hydrogens is 361 g/mol. The maximum absolute atomic E-state index is 12.5. The van der Waals surface area contributed by atoms with Crippen LogP contribution in [0.25, 0.3) is 0 Å². The van der Waals surface area contributed by atoms with E-state index in [1.807, 2.05) is 0 Å². The highest BCUT2D eigenvalue weighted by Gasteiger charge is 2.25. The second-order valence-corrected chi connectivity index (χ2v) is 6.03. The molecule has 1 aromatic rings. The summed E-state index contributed by atoms with van der Waals surface area (Å²) in [5.41, 5.74) is 5.85. The molecule has 1 saturated heterocycles. The van der Waals surface area contributed by atoms with Crippen LogP contribution in [0.5, 0.6) is 0 Å². The van der Waals surface area contributed by atoms with E-state index in [0.29, 0.717) is 61.2 Å². The van der Waals surface area contributed by atoms with Gasteiger partial charge < -0.3 is 15.5 Å². The molecule has 0 aromatic heterocycles. The van der Waals surface area contributed by atoms with E-state index < -0.39 is 0 Å². The number of halogens is 3. The Balaban J connectivity index is 0.00000264. The van der Waals surface area contributed by atoms with Crippen LogP contribution >= 0.6 is 35.6 Å². The van der Waals surface area contributed by atoms with Gasteiger partial charge in [-0.3, -0.25) is 9.59 Å². The summed E-state index contributed by atoms with van der Waals surface area (Å²) in [4.78, 5) is 27.9. The maximum Gasteiger partial charge on any atom is 0.255 e. The molecule has 0 atom stereocenters. The van der Waals surface area contributed by atoms with Gasteiger partial charge in [-0.2, -0.15) is 0 Å². The number of benzene rings is 1. The van der Waals surface area contributed by atoms with Crippen LogP contribution in [0.3, 0.4) is 0 Å². The monoisotopic (exact) mass is 379 g/mol. The fraction of sp³-hybridized carbons (Fsp3) is 0.467. The Labute approximate surface area is 152 Å². The maximum atomic E-state index is 12.5. The quantitative estimate of drug-likeness (QED) is 0.872. The molecule has 0 bridgehead atoms. The van der Waals surface area contributed by atoms with Crippen LogP contribution < -0.4 is 5.73 Å². The highest BCUT2D eigenvalue weighted by molar-refractivity contribution is 6.36. The van der Waals surface area contributed by atoms with E-state index in [1.54, 1.807) is 28.0 Å². The number of hydrogen-bond donors (Lipinski definition) is 1. The van der Waals surface area contributed by atoms with Gasteiger partial charge in [-0.15, -0.1) is 12.4 Å². The summed E-state index contributed by atoms with van der Waals surface area (Å²) in [7, 11) is 0. The normalized spacial score (nSPS) is 14.4. The Bertz CT molecular complexity index is 561. The molecule has 0 spiro atoms. The van der Waals surface area contributed by atoms with Crippen molar-refractivity contribution in [1.29, 1.82) is 0 Å². The zero-order valence-corrected chi connectivity index (χ0v) is 15.0. The zero-order chi connectivity index (χ0) is 16.1. The Morgan fingerprint density at radius 1 is 1.09 bits per heavy atom. The van der Waals surface area contributed by atoms with Crippen molar-refractivity contribution in [2.75, 3.05) is 32.7 Å². The molecule has 1 aliphatic rings. The molecule has 1 aliphatic heterocycles. The highest BCUT2D eigenvalue weighted by atomic mass is 35.5. The van der Waals surface area contributed by atoms with Crippen LogP contribution in [0, 0.1) is 0 Å². The largest absolute Gasteiger partial charge is 0.339 e. The molecule has 1 heterocycles. The van der Waals surface area contributed by atoms with Crippen molar-refractivity contribution in [1.82, 2.24) is 9.80 Å². The smallest absolute Gasteiger partial charge is 0.255 e. The van der Waals surface area contributed by atoms with Gasteiger partial charge in [-0.25, -0.2) is 0 Å². The molecule has 5 nitrogen and oxygen atoms in total. The predicted molar refractivity (Wildman–Crippen MR) is 94.5 cm³/mol. The van der Waals surface area contributed by atoms with Crippen LogP contribution in [0.2, 0.25) is 10.0 Å². The molecule has 128 valence electrons. The first-order valence-corrected chi connectivity index (χ1v) is 8.00. The van der Waals surface area contributed by atoms with Gasteiger partial charge in [0, 0.05) is 37.6 Å². The average Bonchev–Trinajstić information content (AvgIpc) is 2.52. The SMILES string of the molecule is Cl.NCCCC(=O)N1CCN(C(=O)c2ccc(Cl)cc2Cl)CC1. The van der Waals surface area contributed by atoms with Crippen LogP contribution in [0.4, 0.5) is 0 Å². The molecule has 8 heteroatoms. The molecule has 1 aromatic carbocycles. The Morgan fingerprint density at radius 3 is 2.26 bits per heavy atom. The van der Waals surface area contributed by atoms with Crippen LogP contribution in [0.1, 0.15) is 23.2 Å². The number of nitrogens with zero attached hydrogens (tertiary/aromatic N) is 2. The molecule has 0 aliphatic carbocycles. The Morgan fingerprint density at radius 2 is 1.70 bits per heavy atom. The van der Waals surface area contributed by atoms with Gasteiger partial charge in [0.15, 0.2) is 0 Å². The number of carbonyl (C=O) groups excluding carboxylic acids is 2. The average molecular weight is 381 g/mol. The summed E-state index contributed by atoms with van der Waals surface area (Å²) in [5.74, 6) is -0.0298. The third kappa shape index (κ3) is 5.24. The van der Waals surface area contributed by atoms with Gasteiger partial charge in [0.25, 0.3) is 5.91 Å². The Hall–Kier alpha value is -1.01. The minimum absolute atomic E-state index is 0. The van der Waals surface area contributed by atoms with E-state index >= 15 is 0 Å². The second-order valence-electron chi connectivity index (χ2n) is 5.19. The van der Waals surface area contributed by atoms with Crippen LogP contribution in [-0.4, -0.2) is 54.3 Å². The molecule has 0 radical (unpaired) electrons. The van der Waals surface area contributed by atoms with Crippen molar-refractivity contribution < 1.29 is 9.59 Å². The van der Waals surface area contributed by atoms with Crippen molar-refractivity contribution >= 4 is 47.4 Å². The standard InChI is InChI=1S/C15H19Cl2N3O2.ClH/c16-11-3-4-12(13(17)10-11)15(22)20-8-6-19(7-9-20)14(21)2-1-5-18;/h3-4,10H,1-2,5-9,18H2;1H. The summed E-state index contributed by atoms with van der Waals surface area (Å²) in [6, 6.07) is 4.84.